The molecule has 0 aliphatic heterocycles. The molecule has 0 N–H and O–H groups in total. The van der Waals surface area contributed by atoms with Gasteiger partial charge in [0, 0.05) is 23.4 Å². The normalized spacial score (nSPS) is 16.7. The van der Waals surface area contributed by atoms with Gasteiger partial charge >= 0.3 is 0 Å². The minimum atomic E-state index is 0.0555. The average Bonchev–Trinajstić information content (AvgIpc) is 3.26. The molecule has 2 fully saturated rings. The number of amides is 2. The lowest BCUT2D eigenvalue weighted by molar-refractivity contribution is -0.144. The Labute approximate surface area is 177 Å². The standard InChI is InChI=1S/C24H30N2O2S/c1-18-13-14-29-22(18)16-25(15-19-7-3-2-4-8-19)23(27)17-26(21-11-12-21)24(28)20-9-5-6-10-20/h2-4,7-8,13-14,20-21H,5-6,9-12,15-17H2,1H3. The predicted molar refractivity (Wildman–Crippen MR) is 116 cm³/mol. The Kier molecular flexibility index (Phi) is 6.34. The van der Waals surface area contributed by atoms with Gasteiger partial charge in [-0.2, -0.15) is 0 Å². The molecule has 2 amide bonds. The minimum absolute atomic E-state index is 0.0555. The van der Waals surface area contributed by atoms with E-state index in [4.69, 9.17) is 0 Å². The number of hydrogen-bond acceptors (Lipinski definition) is 3. The summed E-state index contributed by atoms with van der Waals surface area (Å²) >= 11 is 1.70. The van der Waals surface area contributed by atoms with Crippen molar-refractivity contribution in [2.24, 2.45) is 5.92 Å². The summed E-state index contributed by atoms with van der Waals surface area (Å²) in [6.07, 6.45) is 6.32. The first-order valence-electron chi connectivity index (χ1n) is 10.8. The first-order valence-corrected chi connectivity index (χ1v) is 11.6. The van der Waals surface area contributed by atoms with Crippen LogP contribution in [-0.4, -0.2) is 34.2 Å². The van der Waals surface area contributed by atoms with Crippen LogP contribution in [0.1, 0.15) is 54.5 Å². The third-order valence-electron chi connectivity index (χ3n) is 6.15. The molecule has 1 aromatic carbocycles. The summed E-state index contributed by atoms with van der Waals surface area (Å²) in [5.41, 5.74) is 2.34. The van der Waals surface area contributed by atoms with Crippen LogP contribution in [0.5, 0.6) is 0 Å². The Morgan fingerprint density at radius 2 is 1.72 bits per heavy atom. The van der Waals surface area contributed by atoms with Crippen LogP contribution in [0.2, 0.25) is 0 Å². The van der Waals surface area contributed by atoms with E-state index in [9.17, 15) is 9.59 Å². The number of hydrogen-bond donors (Lipinski definition) is 0. The van der Waals surface area contributed by atoms with Crippen molar-refractivity contribution in [3.8, 4) is 0 Å². The summed E-state index contributed by atoms with van der Waals surface area (Å²) in [7, 11) is 0. The Bertz CT molecular complexity index is 838. The Morgan fingerprint density at radius 1 is 1.00 bits per heavy atom. The molecule has 2 aliphatic carbocycles. The number of carbonyl (C=O) groups excluding carboxylic acids is 2. The number of nitrogens with zero attached hydrogens (tertiary/aromatic N) is 2. The maximum absolute atomic E-state index is 13.4. The van der Waals surface area contributed by atoms with E-state index in [2.05, 4.69) is 30.5 Å². The third kappa shape index (κ3) is 5.08. The van der Waals surface area contributed by atoms with E-state index < -0.39 is 0 Å². The van der Waals surface area contributed by atoms with E-state index >= 15 is 0 Å². The van der Waals surface area contributed by atoms with Gasteiger partial charge in [0.2, 0.25) is 11.8 Å². The Morgan fingerprint density at radius 3 is 2.34 bits per heavy atom. The summed E-state index contributed by atoms with van der Waals surface area (Å²) < 4.78 is 0. The zero-order valence-electron chi connectivity index (χ0n) is 17.2. The van der Waals surface area contributed by atoms with Crippen molar-refractivity contribution >= 4 is 23.2 Å². The largest absolute Gasteiger partial charge is 0.332 e. The van der Waals surface area contributed by atoms with Crippen molar-refractivity contribution in [1.29, 1.82) is 0 Å². The summed E-state index contributed by atoms with van der Waals surface area (Å²) in [6.45, 7) is 3.49. The highest BCUT2D eigenvalue weighted by molar-refractivity contribution is 7.10. The molecule has 1 aromatic heterocycles. The molecule has 2 aromatic rings. The fraction of sp³-hybridized carbons (Fsp3) is 0.500. The highest BCUT2D eigenvalue weighted by Crippen LogP contribution is 2.33. The van der Waals surface area contributed by atoms with E-state index in [1.165, 1.54) is 10.4 Å². The monoisotopic (exact) mass is 410 g/mol. The maximum Gasteiger partial charge on any atom is 0.242 e. The van der Waals surface area contributed by atoms with Crippen LogP contribution in [0.25, 0.3) is 0 Å². The molecule has 0 radical (unpaired) electrons. The third-order valence-corrected chi connectivity index (χ3v) is 7.16. The zero-order valence-corrected chi connectivity index (χ0v) is 18.0. The highest BCUT2D eigenvalue weighted by atomic mass is 32.1. The topological polar surface area (TPSA) is 40.6 Å². The van der Waals surface area contributed by atoms with Gasteiger partial charge in [-0.1, -0.05) is 43.2 Å². The van der Waals surface area contributed by atoms with E-state index in [1.807, 2.05) is 28.0 Å². The van der Waals surface area contributed by atoms with Crippen LogP contribution in [0.3, 0.4) is 0 Å². The molecule has 0 atom stereocenters. The van der Waals surface area contributed by atoms with Crippen molar-refractivity contribution < 1.29 is 9.59 Å². The molecule has 29 heavy (non-hydrogen) atoms. The van der Waals surface area contributed by atoms with Crippen LogP contribution in [0, 0.1) is 12.8 Å². The van der Waals surface area contributed by atoms with Crippen molar-refractivity contribution in [1.82, 2.24) is 9.80 Å². The summed E-state index contributed by atoms with van der Waals surface area (Å²) in [4.78, 5) is 31.5. The van der Waals surface area contributed by atoms with Gasteiger partial charge in [0.05, 0.1) is 6.54 Å². The number of carbonyl (C=O) groups is 2. The van der Waals surface area contributed by atoms with Crippen LogP contribution in [-0.2, 0) is 22.7 Å². The van der Waals surface area contributed by atoms with E-state index in [0.29, 0.717) is 13.1 Å². The van der Waals surface area contributed by atoms with Gasteiger partial charge in [0.25, 0.3) is 0 Å². The number of thiophene rings is 1. The molecule has 4 rings (SSSR count). The van der Waals surface area contributed by atoms with Gasteiger partial charge in [-0.05, 0) is 55.2 Å². The Balaban J connectivity index is 1.49. The van der Waals surface area contributed by atoms with Crippen molar-refractivity contribution in [2.75, 3.05) is 6.54 Å². The van der Waals surface area contributed by atoms with E-state index in [-0.39, 0.29) is 30.3 Å². The molecule has 2 aliphatic rings. The molecule has 4 nitrogen and oxygen atoms in total. The SMILES string of the molecule is Cc1ccsc1CN(Cc1ccccc1)C(=O)CN(C(=O)C1CCCC1)C1CC1. The van der Waals surface area contributed by atoms with E-state index in [1.54, 1.807) is 11.3 Å². The molecule has 2 saturated carbocycles. The molecule has 154 valence electrons. The van der Waals surface area contributed by atoms with Gasteiger partial charge in [-0.15, -0.1) is 11.3 Å². The second-order valence-corrected chi connectivity index (χ2v) is 9.44. The molecule has 5 heteroatoms. The van der Waals surface area contributed by atoms with Crippen LogP contribution < -0.4 is 0 Å². The molecule has 0 saturated heterocycles. The van der Waals surface area contributed by atoms with Gasteiger partial charge in [-0.25, -0.2) is 0 Å². The van der Waals surface area contributed by atoms with Gasteiger partial charge in [-0.3, -0.25) is 9.59 Å². The lowest BCUT2D eigenvalue weighted by atomic mass is 10.1. The van der Waals surface area contributed by atoms with Crippen molar-refractivity contribution in [2.45, 2.75) is 64.6 Å². The highest BCUT2D eigenvalue weighted by Gasteiger charge is 2.38. The number of rotatable bonds is 8. The summed E-state index contributed by atoms with van der Waals surface area (Å²) in [6, 6.07) is 12.5. The number of aryl methyl sites for hydroxylation is 1. The fourth-order valence-corrected chi connectivity index (χ4v) is 5.12. The lowest BCUT2D eigenvalue weighted by Crippen LogP contribution is -2.45. The first kappa shape index (κ1) is 20.1. The van der Waals surface area contributed by atoms with Crippen LogP contribution >= 0.6 is 11.3 Å². The van der Waals surface area contributed by atoms with Crippen LogP contribution in [0.15, 0.2) is 41.8 Å². The lowest BCUT2D eigenvalue weighted by Gasteiger charge is -2.29. The second kappa shape index (κ2) is 9.12. The second-order valence-electron chi connectivity index (χ2n) is 8.44. The molecule has 0 bridgehead atoms. The fourth-order valence-electron chi connectivity index (χ4n) is 4.20. The molecular weight excluding hydrogens is 380 g/mol. The van der Waals surface area contributed by atoms with Gasteiger partial charge in [0.15, 0.2) is 0 Å². The van der Waals surface area contributed by atoms with Gasteiger partial charge < -0.3 is 9.80 Å². The molecule has 0 spiro atoms. The minimum Gasteiger partial charge on any atom is -0.332 e. The molecule has 1 heterocycles. The zero-order chi connectivity index (χ0) is 20.2. The van der Waals surface area contributed by atoms with Crippen molar-refractivity contribution in [3.63, 3.8) is 0 Å². The maximum atomic E-state index is 13.4. The molecule has 0 unspecified atom stereocenters. The predicted octanol–water partition coefficient (Wildman–Crippen LogP) is 4.77. The van der Waals surface area contributed by atoms with E-state index in [0.717, 1.165) is 44.1 Å². The van der Waals surface area contributed by atoms with Crippen molar-refractivity contribution in [3.05, 3.63) is 57.8 Å². The van der Waals surface area contributed by atoms with Gasteiger partial charge in [0.1, 0.15) is 6.54 Å². The smallest absolute Gasteiger partial charge is 0.242 e. The number of benzene rings is 1. The Hall–Kier alpha value is -2.14. The summed E-state index contributed by atoms with van der Waals surface area (Å²) in [5.74, 6) is 0.399. The first-order chi connectivity index (χ1) is 14.1. The quantitative estimate of drug-likeness (QED) is 0.629. The average molecular weight is 411 g/mol. The summed E-state index contributed by atoms with van der Waals surface area (Å²) in [5, 5.41) is 2.08. The molecular formula is C24H30N2O2S. The van der Waals surface area contributed by atoms with Crippen LogP contribution in [0.4, 0.5) is 0 Å².